The van der Waals surface area contributed by atoms with E-state index in [1.165, 1.54) is 0 Å². The lowest BCUT2D eigenvalue weighted by atomic mass is 9.89. The van der Waals surface area contributed by atoms with Crippen molar-refractivity contribution in [3.8, 4) is 0 Å². The third-order valence-electron chi connectivity index (χ3n) is 6.10. The lowest BCUT2D eigenvalue weighted by Crippen LogP contribution is -2.53. The van der Waals surface area contributed by atoms with Gasteiger partial charge in [-0.1, -0.05) is 37.3 Å². The molecule has 6 heteroatoms. The summed E-state index contributed by atoms with van der Waals surface area (Å²) in [6, 6.07) is 9.25. The quantitative estimate of drug-likeness (QED) is 0.844. The lowest BCUT2D eigenvalue weighted by molar-refractivity contribution is -0.156. The van der Waals surface area contributed by atoms with Crippen LogP contribution in [0.3, 0.4) is 0 Å². The van der Waals surface area contributed by atoms with Crippen LogP contribution in [-0.2, 0) is 20.8 Å². The van der Waals surface area contributed by atoms with Crippen LogP contribution in [0.5, 0.6) is 0 Å². The van der Waals surface area contributed by atoms with Crippen LogP contribution in [0.1, 0.15) is 44.6 Å². The Kier molecular flexibility index (Phi) is 6.70. The van der Waals surface area contributed by atoms with Gasteiger partial charge in [0.15, 0.2) is 0 Å². The van der Waals surface area contributed by atoms with Crippen molar-refractivity contribution in [1.82, 2.24) is 9.80 Å². The van der Waals surface area contributed by atoms with Crippen LogP contribution in [0.25, 0.3) is 0 Å². The number of carboxylic acids is 1. The molecule has 0 radical (unpaired) electrons. The fourth-order valence-corrected chi connectivity index (χ4v) is 4.30. The van der Waals surface area contributed by atoms with Crippen molar-refractivity contribution in [2.45, 2.75) is 51.5 Å². The number of piperidine rings is 2. The number of amides is 2. The number of carbonyl (C=O) groups is 3. The molecule has 2 fully saturated rings. The third kappa shape index (κ3) is 4.91. The van der Waals surface area contributed by atoms with E-state index in [0.717, 1.165) is 18.4 Å². The molecule has 152 valence electrons. The van der Waals surface area contributed by atoms with Crippen molar-refractivity contribution >= 4 is 17.8 Å². The number of likely N-dealkylation sites (tertiary alicyclic amines) is 2. The monoisotopic (exact) mass is 386 g/mol. The Morgan fingerprint density at radius 2 is 1.71 bits per heavy atom. The van der Waals surface area contributed by atoms with E-state index in [1.54, 1.807) is 4.90 Å². The highest BCUT2D eigenvalue weighted by molar-refractivity contribution is 5.85. The minimum Gasteiger partial charge on any atom is -0.480 e. The predicted octanol–water partition coefficient (Wildman–Crippen LogP) is 2.57. The first kappa shape index (κ1) is 20.4. The first-order valence-corrected chi connectivity index (χ1v) is 10.3. The fraction of sp³-hybridized carbons (Fsp3) is 0.591. The molecule has 0 saturated carbocycles. The van der Waals surface area contributed by atoms with E-state index in [2.05, 4.69) is 0 Å². The summed E-state index contributed by atoms with van der Waals surface area (Å²) in [5.41, 5.74) is 1.15. The van der Waals surface area contributed by atoms with Gasteiger partial charge in [-0.2, -0.15) is 0 Å². The summed E-state index contributed by atoms with van der Waals surface area (Å²) in [5, 5.41) is 9.49. The summed E-state index contributed by atoms with van der Waals surface area (Å²) in [4.78, 5) is 40.4. The summed E-state index contributed by atoms with van der Waals surface area (Å²) in [6.07, 6.45) is 3.82. The predicted molar refractivity (Wildman–Crippen MR) is 106 cm³/mol. The summed E-state index contributed by atoms with van der Waals surface area (Å²) in [7, 11) is 0. The molecule has 2 atom stereocenters. The molecule has 0 bridgehead atoms. The molecular formula is C22H30N2O4. The maximum absolute atomic E-state index is 12.9. The maximum Gasteiger partial charge on any atom is 0.326 e. The second kappa shape index (κ2) is 9.22. The second-order valence-corrected chi connectivity index (χ2v) is 8.16. The second-order valence-electron chi connectivity index (χ2n) is 8.16. The highest BCUT2D eigenvalue weighted by atomic mass is 16.4. The number of nitrogens with zero attached hydrogens (tertiary/aromatic N) is 2. The van der Waals surface area contributed by atoms with Gasteiger partial charge in [-0.25, -0.2) is 4.79 Å². The molecule has 1 N–H and O–H groups in total. The molecule has 1 aromatic carbocycles. The highest BCUT2D eigenvalue weighted by Gasteiger charge is 2.38. The van der Waals surface area contributed by atoms with Gasteiger partial charge in [0.1, 0.15) is 6.04 Å². The van der Waals surface area contributed by atoms with Crippen molar-refractivity contribution in [2.75, 3.05) is 19.6 Å². The topological polar surface area (TPSA) is 77.9 Å². The number of carbonyl (C=O) groups excluding carboxylic acids is 2. The Morgan fingerprint density at radius 3 is 2.36 bits per heavy atom. The van der Waals surface area contributed by atoms with Crippen molar-refractivity contribution in [3.63, 3.8) is 0 Å². The fourth-order valence-electron chi connectivity index (χ4n) is 4.30. The van der Waals surface area contributed by atoms with Crippen LogP contribution in [0.2, 0.25) is 0 Å². The van der Waals surface area contributed by atoms with Crippen molar-refractivity contribution < 1.29 is 19.5 Å². The Morgan fingerprint density at radius 1 is 1.04 bits per heavy atom. The molecule has 6 nitrogen and oxygen atoms in total. The van der Waals surface area contributed by atoms with Crippen LogP contribution >= 0.6 is 0 Å². The summed E-state index contributed by atoms with van der Waals surface area (Å²) in [5.74, 6) is -0.670. The van der Waals surface area contributed by atoms with Gasteiger partial charge in [-0.05, 0) is 43.6 Å². The van der Waals surface area contributed by atoms with E-state index >= 15 is 0 Å². The number of carboxylic acid groups (broad SMARTS) is 1. The Balaban J connectivity index is 1.49. The SMILES string of the molecule is CC1CCN(C(=O)C2CCN(C(=O)CCc3ccccc3)CC2)C(C(=O)O)C1. The summed E-state index contributed by atoms with van der Waals surface area (Å²) < 4.78 is 0. The first-order valence-electron chi connectivity index (χ1n) is 10.3. The average Bonchev–Trinajstić information content (AvgIpc) is 2.72. The maximum atomic E-state index is 12.9. The van der Waals surface area contributed by atoms with E-state index in [-0.39, 0.29) is 17.7 Å². The number of benzene rings is 1. The zero-order valence-electron chi connectivity index (χ0n) is 16.5. The molecule has 2 unspecified atom stereocenters. The molecule has 2 saturated heterocycles. The normalized spacial score (nSPS) is 23.5. The Hall–Kier alpha value is -2.37. The Labute approximate surface area is 166 Å². The van der Waals surface area contributed by atoms with Crippen LogP contribution in [0.4, 0.5) is 0 Å². The van der Waals surface area contributed by atoms with Gasteiger partial charge in [0.05, 0.1) is 0 Å². The van der Waals surface area contributed by atoms with E-state index < -0.39 is 12.0 Å². The zero-order chi connectivity index (χ0) is 20.1. The van der Waals surface area contributed by atoms with Crippen molar-refractivity contribution in [2.24, 2.45) is 11.8 Å². The van der Waals surface area contributed by atoms with Crippen LogP contribution < -0.4 is 0 Å². The number of aliphatic carboxylic acids is 1. The van der Waals surface area contributed by atoms with Gasteiger partial charge in [0.2, 0.25) is 11.8 Å². The average molecular weight is 386 g/mol. The van der Waals surface area contributed by atoms with Gasteiger partial charge in [-0.15, -0.1) is 0 Å². The molecule has 1 aromatic rings. The summed E-state index contributed by atoms with van der Waals surface area (Å²) >= 11 is 0. The van der Waals surface area contributed by atoms with Gasteiger partial charge in [0.25, 0.3) is 0 Å². The number of hydrogen-bond donors (Lipinski definition) is 1. The minimum absolute atomic E-state index is 0.0457. The molecule has 0 spiro atoms. The zero-order valence-corrected chi connectivity index (χ0v) is 16.5. The minimum atomic E-state index is -0.909. The number of rotatable bonds is 5. The first-order chi connectivity index (χ1) is 13.5. The van der Waals surface area contributed by atoms with Crippen molar-refractivity contribution in [3.05, 3.63) is 35.9 Å². The molecule has 3 rings (SSSR count). The van der Waals surface area contributed by atoms with Crippen LogP contribution in [0, 0.1) is 11.8 Å². The Bertz CT molecular complexity index is 698. The van der Waals surface area contributed by atoms with Gasteiger partial charge < -0.3 is 14.9 Å². The largest absolute Gasteiger partial charge is 0.480 e. The van der Waals surface area contributed by atoms with Gasteiger partial charge >= 0.3 is 5.97 Å². The lowest BCUT2D eigenvalue weighted by Gasteiger charge is -2.40. The molecule has 2 amide bonds. The molecule has 0 aromatic heterocycles. The number of aryl methyl sites for hydroxylation is 1. The van der Waals surface area contributed by atoms with E-state index in [9.17, 15) is 19.5 Å². The molecule has 2 heterocycles. The molecule has 2 aliphatic heterocycles. The third-order valence-corrected chi connectivity index (χ3v) is 6.10. The van der Waals surface area contributed by atoms with E-state index in [4.69, 9.17) is 0 Å². The summed E-state index contributed by atoms with van der Waals surface area (Å²) in [6.45, 7) is 3.71. The molecular weight excluding hydrogens is 356 g/mol. The number of hydrogen-bond acceptors (Lipinski definition) is 3. The van der Waals surface area contributed by atoms with E-state index in [0.29, 0.717) is 51.2 Å². The smallest absolute Gasteiger partial charge is 0.326 e. The van der Waals surface area contributed by atoms with E-state index in [1.807, 2.05) is 42.2 Å². The van der Waals surface area contributed by atoms with Crippen LogP contribution in [0.15, 0.2) is 30.3 Å². The van der Waals surface area contributed by atoms with Crippen molar-refractivity contribution in [1.29, 1.82) is 0 Å². The van der Waals surface area contributed by atoms with Crippen LogP contribution in [-0.4, -0.2) is 58.4 Å². The molecule has 0 aliphatic carbocycles. The molecule has 2 aliphatic rings. The molecule has 28 heavy (non-hydrogen) atoms. The van der Waals surface area contributed by atoms with Gasteiger partial charge in [-0.3, -0.25) is 9.59 Å². The standard InChI is InChI=1S/C22H30N2O4/c1-16-9-14-24(19(15-16)22(27)28)21(26)18-10-12-23(13-11-18)20(25)8-7-17-5-3-2-4-6-17/h2-6,16,18-19H,7-15H2,1H3,(H,27,28). The van der Waals surface area contributed by atoms with Gasteiger partial charge in [0, 0.05) is 32.0 Å². The highest BCUT2D eigenvalue weighted by Crippen LogP contribution is 2.27.